The largest absolute Gasteiger partial charge is 0.507 e. The van der Waals surface area contributed by atoms with Gasteiger partial charge in [0.15, 0.2) is 0 Å². The van der Waals surface area contributed by atoms with E-state index >= 15 is 0 Å². The summed E-state index contributed by atoms with van der Waals surface area (Å²) in [5.41, 5.74) is 4.14. The third-order valence-electron chi connectivity index (χ3n) is 4.14. The van der Waals surface area contributed by atoms with Gasteiger partial charge >= 0.3 is 0 Å². The van der Waals surface area contributed by atoms with Crippen LogP contribution < -0.4 is 0 Å². The Morgan fingerprint density at radius 3 is 1.96 bits per heavy atom. The lowest BCUT2D eigenvalue weighted by Crippen LogP contribution is -2.13. The van der Waals surface area contributed by atoms with Crippen LogP contribution in [-0.4, -0.2) is 10.8 Å². The van der Waals surface area contributed by atoms with Crippen molar-refractivity contribution in [2.45, 2.75) is 26.2 Å². The molecule has 25 heavy (non-hydrogen) atoms. The molecule has 0 saturated heterocycles. The van der Waals surface area contributed by atoms with Gasteiger partial charge in [-0.2, -0.15) is 0 Å². The highest BCUT2D eigenvalue weighted by atomic mass is 16.3. The van der Waals surface area contributed by atoms with Gasteiger partial charge in [-0.3, -0.25) is 0 Å². The summed E-state index contributed by atoms with van der Waals surface area (Å²) in [6.07, 6.45) is 0. The molecule has 0 aromatic heterocycles. The average Bonchev–Trinajstić information content (AvgIpc) is 2.61. The minimum absolute atomic E-state index is 0.144. The van der Waals surface area contributed by atoms with Crippen molar-refractivity contribution in [3.8, 4) is 5.75 Å². The van der Waals surface area contributed by atoms with Gasteiger partial charge in [-0.1, -0.05) is 81.4 Å². The van der Waals surface area contributed by atoms with E-state index in [1.807, 2.05) is 78.9 Å². The summed E-state index contributed by atoms with van der Waals surface area (Å²) in [5, 5.41) is 11.0. The molecular formula is C23H23NO. The summed E-state index contributed by atoms with van der Waals surface area (Å²) in [4.78, 5) is 4.84. The summed E-state index contributed by atoms with van der Waals surface area (Å²) < 4.78 is 0. The Morgan fingerprint density at radius 2 is 1.36 bits per heavy atom. The molecule has 126 valence electrons. The normalized spacial score (nSPS) is 12.2. The predicted octanol–water partition coefficient (Wildman–Crippen LogP) is 5.86. The Balaban J connectivity index is 2.22. The van der Waals surface area contributed by atoms with Crippen LogP contribution in [0.5, 0.6) is 5.75 Å². The molecule has 0 fully saturated rings. The van der Waals surface area contributed by atoms with Crippen LogP contribution in [0.1, 0.15) is 37.5 Å². The molecular weight excluding hydrogens is 306 g/mol. The first kappa shape index (κ1) is 17.0. The van der Waals surface area contributed by atoms with Crippen molar-refractivity contribution in [3.05, 3.63) is 95.6 Å². The van der Waals surface area contributed by atoms with Crippen LogP contribution >= 0.6 is 0 Å². The van der Waals surface area contributed by atoms with Crippen LogP contribution in [0.3, 0.4) is 0 Å². The zero-order chi connectivity index (χ0) is 17.9. The number of phenolic OH excluding ortho intramolecular Hbond substituents is 1. The van der Waals surface area contributed by atoms with E-state index in [-0.39, 0.29) is 5.41 Å². The van der Waals surface area contributed by atoms with Crippen LogP contribution in [0.4, 0.5) is 5.69 Å². The first-order chi connectivity index (χ1) is 12.0. The molecule has 2 nitrogen and oxygen atoms in total. The van der Waals surface area contributed by atoms with E-state index in [1.165, 1.54) is 0 Å². The maximum atomic E-state index is 11.0. The highest BCUT2D eigenvalue weighted by Gasteiger charge is 2.22. The Hall–Kier alpha value is -2.87. The summed E-state index contributed by atoms with van der Waals surface area (Å²) in [6, 6.07) is 25.7. The van der Waals surface area contributed by atoms with E-state index in [0.717, 1.165) is 28.1 Å². The second kappa shape index (κ2) is 6.94. The molecule has 2 heteroatoms. The lowest BCUT2D eigenvalue weighted by Gasteiger charge is -2.22. The number of phenols is 1. The van der Waals surface area contributed by atoms with Gasteiger partial charge in [0.2, 0.25) is 0 Å². The summed E-state index contributed by atoms with van der Waals surface area (Å²) in [6.45, 7) is 6.30. The third kappa shape index (κ3) is 3.80. The molecule has 0 radical (unpaired) electrons. The van der Waals surface area contributed by atoms with Crippen LogP contribution in [0.15, 0.2) is 83.9 Å². The number of nitrogens with zero attached hydrogens (tertiary/aromatic N) is 1. The molecule has 0 amide bonds. The molecule has 0 unspecified atom stereocenters. The smallest absolute Gasteiger partial charge is 0.128 e. The molecule has 1 N–H and O–H groups in total. The fraction of sp³-hybridized carbons (Fsp3) is 0.174. The predicted molar refractivity (Wildman–Crippen MR) is 105 cm³/mol. The average molecular weight is 329 g/mol. The number of para-hydroxylation sites is 2. The first-order valence-corrected chi connectivity index (χ1v) is 8.49. The first-order valence-electron chi connectivity index (χ1n) is 8.49. The zero-order valence-electron chi connectivity index (χ0n) is 14.9. The maximum absolute atomic E-state index is 11.0. The highest BCUT2D eigenvalue weighted by molar-refractivity contribution is 6.15. The van der Waals surface area contributed by atoms with E-state index in [0.29, 0.717) is 5.75 Å². The van der Waals surface area contributed by atoms with E-state index < -0.39 is 0 Å². The fourth-order valence-electron chi connectivity index (χ4n) is 2.85. The molecule has 0 bridgehead atoms. The minimum Gasteiger partial charge on any atom is -0.507 e. The van der Waals surface area contributed by atoms with Crippen molar-refractivity contribution < 1.29 is 5.11 Å². The van der Waals surface area contributed by atoms with Crippen LogP contribution in [0.2, 0.25) is 0 Å². The number of aromatic hydroxyl groups is 1. The Bertz CT molecular complexity index is 875. The molecule has 3 aromatic carbocycles. The van der Waals surface area contributed by atoms with E-state index in [1.54, 1.807) is 0 Å². The third-order valence-corrected chi connectivity index (χ3v) is 4.14. The van der Waals surface area contributed by atoms with Crippen molar-refractivity contribution in [2.75, 3.05) is 0 Å². The van der Waals surface area contributed by atoms with E-state index in [4.69, 9.17) is 4.99 Å². The topological polar surface area (TPSA) is 32.6 Å². The molecule has 3 rings (SSSR count). The van der Waals surface area contributed by atoms with E-state index in [9.17, 15) is 5.11 Å². The van der Waals surface area contributed by atoms with Crippen LogP contribution in [-0.2, 0) is 5.41 Å². The number of hydrogen-bond donors (Lipinski definition) is 1. The van der Waals surface area contributed by atoms with Crippen molar-refractivity contribution in [3.63, 3.8) is 0 Å². The van der Waals surface area contributed by atoms with Gasteiger partial charge in [0.05, 0.1) is 11.4 Å². The SMILES string of the molecule is CC(C)(C)c1cccc(C(=Nc2ccccc2)c2ccccc2)c1O. The van der Waals surface area contributed by atoms with Crippen LogP contribution in [0.25, 0.3) is 0 Å². The Labute approximate surface area is 149 Å². The minimum atomic E-state index is -0.144. The van der Waals surface area contributed by atoms with Gasteiger partial charge in [0.1, 0.15) is 5.75 Å². The standard InChI is InChI=1S/C23H23NO/c1-23(2,3)20-16-10-15-19(22(20)25)21(17-11-6-4-7-12-17)24-18-13-8-5-9-14-18/h4-16,25H,1-3H3. The van der Waals surface area contributed by atoms with Gasteiger partial charge in [-0.15, -0.1) is 0 Å². The molecule has 0 aliphatic heterocycles. The Morgan fingerprint density at radius 1 is 0.760 bits per heavy atom. The van der Waals surface area contributed by atoms with Gasteiger partial charge in [0.25, 0.3) is 0 Å². The molecule has 0 spiro atoms. The molecule has 0 atom stereocenters. The van der Waals surface area contributed by atoms with Crippen molar-refractivity contribution >= 4 is 11.4 Å². The summed E-state index contributed by atoms with van der Waals surface area (Å²) in [7, 11) is 0. The summed E-state index contributed by atoms with van der Waals surface area (Å²) >= 11 is 0. The maximum Gasteiger partial charge on any atom is 0.128 e. The quantitative estimate of drug-likeness (QED) is 0.600. The zero-order valence-corrected chi connectivity index (χ0v) is 14.9. The fourth-order valence-corrected chi connectivity index (χ4v) is 2.85. The second-order valence-corrected chi connectivity index (χ2v) is 7.11. The van der Waals surface area contributed by atoms with E-state index in [2.05, 4.69) is 20.8 Å². The Kier molecular flexibility index (Phi) is 4.71. The number of hydrogen-bond acceptors (Lipinski definition) is 2. The van der Waals surface area contributed by atoms with Gasteiger partial charge in [-0.05, 0) is 29.2 Å². The molecule has 0 aliphatic rings. The molecule has 3 aromatic rings. The van der Waals surface area contributed by atoms with Gasteiger partial charge in [0, 0.05) is 11.1 Å². The lowest BCUT2D eigenvalue weighted by atomic mass is 9.84. The monoisotopic (exact) mass is 329 g/mol. The molecule has 0 aliphatic carbocycles. The van der Waals surface area contributed by atoms with Gasteiger partial charge in [-0.25, -0.2) is 4.99 Å². The van der Waals surface area contributed by atoms with Gasteiger partial charge < -0.3 is 5.11 Å². The number of rotatable bonds is 3. The molecule has 0 saturated carbocycles. The number of aliphatic imine (C=N–C) groups is 1. The second-order valence-electron chi connectivity index (χ2n) is 7.11. The van der Waals surface area contributed by atoms with Crippen molar-refractivity contribution in [2.24, 2.45) is 4.99 Å². The van der Waals surface area contributed by atoms with Crippen molar-refractivity contribution in [1.29, 1.82) is 0 Å². The van der Waals surface area contributed by atoms with Crippen LogP contribution in [0, 0.1) is 0 Å². The lowest BCUT2D eigenvalue weighted by molar-refractivity contribution is 0.446. The highest BCUT2D eigenvalue weighted by Crippen LogP contribution is 2.34. The van der Waals surface area contributed by atoms with Crippen molar-refractivity contribution in [1.82, 2.24) is 0 Å². The summed E-state index contributed by atoms with van der Waals surface area (Å²) in [5.74, 6) is 0.300. The number of benzene rings is 3. The molecule has 0 heterocycles.